The number of nitrogens with zero attached hydrogens (tertiary/aromatic N) is 1. The number of benzene rings is 4. The molecule has 6 aromatic rings. The van der Waals surface area contributed by atoms with Crippen LogP contribution in [0, 0.1) is 0 Å². The van der Waals surface area contributed by atoms with Crippen LogP contribution in [0.15, 0.2) is 84.9 Å². The van der Waals surface area contributed by atoms with Crippen LogP contribution in [0.1, 0.15) is 32.5 Å². The predicted octanol–water partition coefficient (Wildman–Crippen LogP) is 6.74. The van der Waals surface area contributed by atoms with Gasteiger partial charge in [-0.05, 0) is 47.9 Å². The van der Waals surface area contributed by atoms with Crippen LogP contribution < -0.4 is 10.2 Å². The number of phenols is 1. The van der Waals surface area contributed by atoms with Crippen LogP contribution in [0.5, 0.6) is 5.75 Å². The number of rotatable bonds is 4. The van der Waals surface area contributed by atoms with Gasteiger partial charge in [0.1, 0.15) is 17.1 Å². The number of hydrogen-bond donors (Lipinski definition) is 4. The van der Waals surface area contributed by atoms with Crippen molar-refractivity contribution >= 4 is 67.4 Å². The molecule has 0 fully saturated rings. The van der Waals surface area contributed by atoms with E-state index in [1.54, 1.807) is 17.0 Å². The second-order valence-corrected chi connectivity index (χ2v) is 10.2. The van der Waals surface area contributed by atoms with Gasteiger partial charge >= 0.3 is 0 Å². The third-order valence-electron chi connectivity index (χ3n) is 7.46. The summed E-state index contributed by atoms with van der Waals surface area (Å²) < 4.78 is 0. The number of para-hydroxylation sites is 1. The number of halogens is 1. The molecule has 0 saturated heterocycles. The second-order valence-electron chi connectivity index (χ2n) is 9.86. The molecular formula is C31H23ClN4O3. The quantitative estimate of drug-likeness (QED) is 0.188. The van der Waals surface area contributed by atoms with E-state index in [0.717, 1.165) is 32.6 Å². The monoisotopic (exact) mass is 534 g/mol. The molecule has 1 aliphatic heterocycles. The van der Waals surface area contributed by atoms with Crippen molar-refractivity contribution in [3.63, 3.8) is 0 Å². The van der Waals surface area contributed by atoms with E-state index in [1.165, 1.54) is 0 Å². The molecule has 2 aromatic heterocycles. The zero-order chi connectivity index (χ0) is 26.7. The molecule has 0 radical (unpaired) electrons. The van der Waals surface area contributed by atoms with Gasteiger partial charge in [0.2, 0.25) is 0 Å². The van der Waals surface area contributed by atoms with Crippen LogP contribution in [0.25, 0.3) is 32.6 Å². The minimum Gasteiger partial charge on any atom is -0.507 e. The van der Waals surface area contributed by atoms with E-state index in [2.05, 4.69) is 15.3 Å². The van der Waals surface area contributed by atoms with Gasteiger partial charge in [-0.25, -0.2) is 0 Å². The largest absolute Gasteiger partial charge is 0.507 e. The lowest BCUT2D eigenvalue weighted by atomic mass is 9.97. The Labute approximate surface area is 228 Å². The number of hydrogen-bond acceptors (Lipinski definition) is 3. The fraction of sp³-hybridized carbons (Fsp3) is 0.0968. The highest BCUT2D eigenvalue weighted by Crippen LogP contribution is 2.46. The topological polar surface area (TPSA) is 101 Å². The maximum absolute atomic E-state index is 13.7. The summed E-state index contributed by atoms with van der Waals surface area (Å²) in [6, 6.07) is 26.3. The molecule has 7 nitrogen and oxygen atoms in total. The van der Waals surface area contributed by atoms with E-state index in [-0.39, 0.29) is 29.4 Å². The summed E-state index contributed by atoms with van der Waals surface area (Å²) in [5.74, 6) is -0.167. The number of aromatic amines is 2. The number of H-pyrrole nitrogens is 2. The van der Waals surface area contributed by atoms with Crippen LogP contribution in [-0.2, 0) is 0 Å². The van der Waals surface area contributed by atoms with Crippen LogP contribution in [0.3, 0.4) is 0 Å². The molecule has 1 atom stereocenters. The Morgan fingerprint density at radius 2 is 1.59 bits per heavy atom. The fourth-order valence-electron chi connectivity index (χ4n) is 5.55. The number of aromatic nitrogens is 2. The van der Waals surface area contributed by atoms with Gasteiger partial charge in [-0.1, -0.05) is 42.5 Å². The lowest BCUT2D eigenvalue weighted by Crippen LogP contribution is -2.30. The molecule has 192 valence electrons. The molecule has 0 saturated carbocycles. The smallest absolute Gasteiger partial charge is 0.274 e. The van der Waals surface area contributed by atoms with E-state index in [0.29, 0.717) is 34.9 Å². The van der Waals surface area contributed by atoms with Crippen molar-refractivity contribution in [1.29, 1.82) is 0 Å². The lowest BCUT2D eigenvalue weighted by molar-refractivity contribution is 0.0983. The first-order valence-corrected chi connectivity index (χ1v) is 13.2. The fourth-order valence-corrected chi connectivity index (χ4v) is 5.80. The van der Waals surface area contributed by atoms with Crippen molar-refractivity contribution in [3.05, 3.63) is 102 Å². The number of nitrogens with one attached hydrogen (secondary N) is 3. The zero-order valence-corrected chi connectivity index (χ0v) is 21.4. The number of carbonyl (C=O) groups excluding carboxylic acids is 2. The van der Waals surface area contributed by atoms with Gasteiger partial charge in [0.05, 0.1) is 5.69 Å². The molecule has 39 heavy (non-hydrogen) atoms. The number of anilines is 2. The second kappa shape index (κ2) is 8.92. The maximum Gasteiger partial charge on any atom is 0.274 e. The summed E-state index contributed by atoms with van der Waals surface area (Å²) in [5.41, 5.74) is 4.55. The molecule has 7 rings (SSSR count). The summed E-state index contributed by atoms with van der Waals surface area (Å²) in [4.78, 5) is 34.6. The summed E-state index contributed by atoms with van der Waals surface area (Å²) >= 11 is 6.27. The van der Waals surface area contributed by atoms with Gasteiger partial charge in [0.25, 0.3) is 11.8 Å². The molecule has 1 unspecified atom stereocenters. The Morgan fingerprint density at radius 1 is 0.872 bits per heavy atom. The SMILES string of the molecule is O=C(Nc1ccc2[nH]c(C(=O)N3CC(CCl)c4c3cc3ccccc3c4O)cc2c1)c1cc2ccccc2[nH]1. The third-order valence-corrected chi connectivity index (χ3v) is 7.83. The van der Waals surface area contributed by atoms with Gasteiger partial charge in [-0.15, -0.1) is 11.6 Å². The Kier molecular flexibility index (Phi) is 5.35. The molecule has 1 aliphatic rings. The van der Waals surface area contributed by atoms with Crippen molar-refractivity contribution in [2.45, 2.75) is 5.92 Å². The van der Waals surface area contributed by atoms with E-state index in [9.17, 15) is 14.7 Å². The van der Waals surface area contributed by atoms with Crippen LogP contribution in [-0.4, -0.2) is 39.3 Å². The summed E-state index contributed by atoms with van der Waals surface area (Å²) in [6.07, 6.45) is 0. The summed E-state index contributed by atoms with van der Waals surface area (Å²) in [7, 11) is 0. The molecule has 3 heterocycles. The van der Waals surface area contributed by atoms with Crippen LogP contribution in [0.4, 0.5) is 11.4 Å². The first kappa shape index (κ1) is 23.4. The highest BCUT2D eigenvalue weighted by Gasteiger charge is 2.36. The zero-order valence-electron chi connectivity index (χ0n) is 20.7. The third kappa shape index (κ3) is 3.82. The minimum absolute atomic E-state index is 0.175. The van der Waals surface area contributed by atoms with E-state index >= 15 is 0 Å². The number of phenolic OH excluding ortho intramolecular Hbond substituents is 1. The van der Waals surface area contributed by atoms with Gasteiger partial charge < -0.3 is 25.3 Å². The summed E-state index contributed by atoms with van der Waals surface area (Å²) in [5, 5.41) is 17.3. The van der Waals surface area contributed by atoms with E-state index in [4.69, 9.17) is 11.6 Å². The predicted molar refractivity (Wildman–Crippen MR) is 155 cm³/mol. The van der Waals surface area contributed by atoms with Crippen LogP contribution >= 0.6 is 11.6 Å². The van der Waals surface area contributed by atoms with Crippen molar-refractivity contribution in [1.82, 2.24) is 9.97 Å². The molecule has 0 bridgehead atoms. The van der Waals surface area contributed by atoms with Crippen molar-refractivity contribution in [2.24, 2.45) is 0 Å². The Hall–Kier alpha value is -4.75. The standard InChI is InChI=1S/C31H23ClN4O3/c32-15-20-16-36(27-14-17-5-1-3-7-22(17)29(37)28(20)27)31(39)26-13-19-11-21(9-10-24(19)35-26)33-30(38)25-12-18-6-2-4-8-23(18)34-25/h1-14,20,34-35,37H,15-16H2,(H,33,38). The van der Waals surface area contributed by atoms with Gasteiger partial charge in [0.15, 0.2) is 0 Å². The Bertz CT molecular complexity index is 1910. The molecule has 0 aliphatic carbocycles. The number of amides is 2. The first-order chi connectivity index (χ1) is 19.0. The van der Waals surface area contributed by atoms with Crippen molar-refractivity contribution < 1.29 is 14.7 Å². The number of alkyl halides is 1. The molecule has 4 N–H and O–H groups in total. The molecule has 4 aromatic carbocycles. The number of fused-ring (bicyclic) bond motifs is 4. The molecule has 2 amide bonds. The number of carbonyl (C=O) groups is 2. The van der Waals surface area contributed by atoms with Gasteiger partial charge in [-0.3, -0.25) is 9.59 Å². The lowest BCUT2D eigenvalue weighted by Gasteiger charge is -2.17. The molecular weight excluding hydrogens is 512 g/mol. The van der Waals surface area contributed by atoms with Gasteiger partial charge in [-0.2, -0.15) is 0 Å². The first-order valence-electron chi connectivity index (χ1n) is 12.6. The summed E-state index contributed by atoms with van der Waals surface area (Å²) in [6.45, 7) is 0.378. The molecule has 0 spiro atoms. The minimum atomic E-state index is -0.245. The Morgan fingerprint density at radius 3 is 2.41 bits per heavy atom. The van der Waals surface area contributed by atoms with E-state index in [1.807, 2.05) is 72.8 Å². The average Bonchev–Trinajstić information content (AvgIpc) is 3.67. The highest BCUT2D eigenvalue weighted by molar-refractivity contribution is 6.19. The average molecular weight is 535 g/mol. The molecule has 8 heteroatoms. The van der Waals surface area contributed by atoms with Crippen LogP contribution in [0.2, 0.25) is 0 Å². The van der Waals surface area contributed by atoms with E-state index < -0.39 is 0 Å². The normalized spacial score (nSPS) is 14.8. The maximum atomic E-state index is 13.7. The van der Waals surface area contributed by atoms with Crippen molar-refractivity contribution in [2.75, 3.05) is 22.6 Å². The van der Waals surface area contributed by atoms with Gasteiger partial charge in [0, 0.05) is 56.8 Å². The van der Waals surface area contributed by atoms with Crippen molar-refractivity contribution in [3.8, 4) is 5.75 Å². The Balaban J connectivity index is 1.18. The number of aromatic hydroxyl groups is 1. The highest BCUT2D eigenvalue weighted by atomic mass is 35.5.